The number of benzene rings is 3. The topological polar surface area (TPSA) is 93.3 Å². The summed E-state index contributed by atoms with van der Waals surface area (Å²) in [6.07, 6.45) is 0. The van der Waals surface area contributed by atoms with E-state index in [1.165, 1.54) is 20.3 Å². The Morgan fingerprint density at radius 1 is 0.931 bits per heavy atom. The summed E-state index contributed by atoms with van der Waals surface area (Å²) in [6, 6.07) is 19.5. The normalized spacial score (nSPS) is 11.4. The molecular formula is C21H19N3O4S. The number of sulfonamides is 1. The predicted octanol–water partition coefficient (Wildman–Crippen LogP) is 4.05. The number of hydrogen-bond acceptors (Lipinski definition) is 5. The maximum Gasteiger partial charge on any atom is 0.265 e. The average Bonchev–Trinajstić information content (AvgIpc) is 3.17. The van der Waals surface area contributed by atoms with Crippen LogP contribution in [0.5, 0.6) is 11.5 Å². The molecule has 3 aromatic carbocycles. The van der Waals surface area contributed by atoms with Crippen molar-refractivity contribution in [2.75, 3.05) is 18.9 Å². The lowest BCUT2D eigenvalue weighted by Gasteiger charge is -2.13. The van der Waals surface area contributed by atoms with Crippen molar-refractivity contribution in [3.63, 3.8) is 0 Å². The van der Waals surface area contributed by atoms with Crippen LogP contribution in [0.2, 0.25) is 0 Å². The van der Waals surface area contributed by atoms with Gasteiger partial charge in [0.05, 0.1) is 25.4 Å². The largest absolute Gasteiger partial charge is 0.497 e. The van der Waals surface area contributed by atoms with E-state index in [-0.39, 0.29) is 10.6 Å². The van der Waals surface area contributed by atoms with Crippen LogP contribution in [0.1, 0.15) is 0 Å². The van der Waals surface area contributed by atoms with E-state index in [0.29, 0.717) is 11.4 Å². The van der Waals surface area contributed by atoms with Gasteiger partial charge >= 0.3 is 0 Å². The second kappa shape index (κ2) is 7.48. The SMILES string of the molecule is COc1ccc(OC)c(S(=O)(=O)Nc2ccc3[nH]nc(-c4ccccc4)c3c2)c1. The highest BCUT2D eigenvalue weighted by Crippen LogP contribution is 2.32. The van der Waals surface area contributed by atoms with Gasteiger partial charge in [0.25, 0.3) is 10.0 Å². The number of ether oxygens (including phenoxy) is 2. The molecule has 148 valence electrons. The van der Waals surface area contributed by atoms with E-state index in [4.69, 9.17) is 9.47 Å². The molecule has 0 saturated heterocycles. The van der Waals surface area contributed by atoms with Gasteiger partial charge in [-0.05, 0) is 30.3 Å². The highest BCUT2D eigenvalue weighted by Gasteiger charge is 2.21. The van der Waals surface area contributed by atoms with Crippen molar-refractivity contribution >= 4 is 26.6 Å². The fourth-order valence-corrected chi connectivity index (χ4v) is 4.33. The Balaban J connectivity index is 1.74. The minimum atomic E-state index is -3.90. The van der Waals surface area contributed by atoms with Gasteiger partial charge in [-0.25, -0.2) is 8.42 Å². The zero-order valence-corrected chi connectivity index (χ0v) is 16.7. The molecule has 7 nitrogen and oxygen atoms in total. The summed E-state index contributed by atoms with van der Waals surface area (Å²) >= 11 is 0. The van der Waals surface area contributed by atoms with Gasteiger partial charge in [0.2, 0.25) is 0 Å². The van der Waals surface area contributed by atoms with Crippen molar-refractivity contribution in [1.82, 2.24) is 10.2 Å². The van der Waals surface area contributed by atoms with Crippen LogP contribution >= 0.6 is 0 Å². The Labute approximate surface area is 168 Å². The molecule has 4 rings (SSSR count). The third-order valence-corrected chi connectivity index (χ3v) is 5.93. The second-order valence-corrected chi connectivity index (χ2v) is 7.97. The van der Waals surface area contributed by atoms with Crippen LogP contribution in [0.3, 0.4) is 0 Å². The molecule has 4 aromatic rings. The lowest BCUT2D eigenvalue weighted by atomic mass is 10.1. The van der Waals surface area contributed by atoms with Crippen LogP contribution in [-0.4, -0.2) is 32.8 Å². The van der Waals surface area contributed by atoms with Crippen molar-refractivity contribution in [2.24, 2.45) is 0 Å². The summed E-state index contributed by atoms with van der Waals surface area (Å²) in [7, 11) is -1.01. The van der Waals surface area contributed by atoms with Crippen LogP contribution in [-0.2, 0) is 10.0 Å². The lowest BCUT2D eigenvalue weighted by molar-refractivity contribution is 0.392. The maximum absolute atomic E-state index is 13.0. The Morgan fingerprint density at radius 3 is 2.45 bits per heavy atom. The molecule has 0 aliphatic heterocycles. The highest BCUT2D eigenvalue weighted by molar-refractivity contribution is 7.92. The number of hydrogen-bond donors (Lipinski definition) is 2. The molecule has 0 aliphatic carbocycles. The van der Waals surface area contributed by atoms with Gasteiger partial charge in [0, 0.05) is 22.7 Å². The van der Waals surface area contributed by atoms with Crippen molar-refractivity contribution in [3.05, 3.63) is 66.7 Å². The number of aromatic nitrogens is 2. The molecule has 0 saturated carbocycles. The zero-order chi connectivity index (χ0) is 20.4. The fraction of sp³-hybridized carbons (Fsp3) is 0.0952. The molecule has 8 heteroatoms. The molecular weight excluding hydrogens is 390 g/mol. The Morgan fingerprint density at radius 2 is 1.72 bits per heavy atom. The maximum atomic E-state index is 13.0. The molecule has 0 amide bonds. The first-order chi connectivity index (χ1) is 14.0. The molecule has 0 spiro atoms. The minimum Gasteiger partial charge on any atom is -0.497 e. The number of methoxy groups -OCH3 is 2. The monoisotopic (exact) mass is 409 g/mol. The van der Waals surface area contributed by atoms with Crippen LogP contribution in [0, 0.1) is 0 Å². The Bertz CT molecular complexity index is 1270. The number of fused-ring (bicyclic) bond motifs is 1. The number of nitrogens with one attached hydrogen (secondary N) is 2. The molecule has 0 fully saturated rings. The number of aromatic amines is 1. The third-order valence-electron chi connectivity index (χ3n) is 4.52. The lowest BCUT2D eigenvalue weighted by Crippen LogP contribution is -2.14. The summed E-state index contributed by atoms with van der Waals surface area (Å²) in [5.41, 5.74) is 2.92. The smallest absolute Gasteiger partial charge is 0.265 e. The molecule has 1 aromatic heterocycles. The number of nitrogens with zero attached hydrogens (tertiary/aromatic N) is 1. The first-order valence-electron chi connectivity index (χ1n) is 8.80. The first-order valence-corrected chi connectivity index (χ1v) is 10.3. The average molecular weight is 409 g/mol. The second-order valence-electron chi connectivity index (χ2n) is 6.32. The zero-order valence-electron chi connectivity index (χ0n) is 15.8. The van der Waals surface area contributed by atoms with Crippen molar-refractivity contribution in [3.8, 4) is 22.8 Å². The third kappa shape index (κ3) is 3.62. The predicted molar refractivity (Wildman–Crippen MR) is 112 cm³/mol. The summed E-state index contributed by atoms with van der Waals surface area (Å²) in [5, 5.41) is 8.16. The van der Waals surface area contributed by atoms with Crippen LogP contribution in [0.4, 0.5) is 5.69 Å². The Kier molecular flexibility index (Phi) is 4.85. The van der Waals surface area contributed by atoms with Gasteiger partial charge in [-0.3, -0.25) is 9.82 Å². The van der Waals surface area contributed by atoms with Crippen LogP contribution in [0.15, 0.2) is 71.6 Å². The molecule has 0 unspecified atom stereocenters. The standard InChI is InChI=1S/C21H19N3O4S/c1-27-16-9-11-19(28-2)20(13-16)29(25,26)24-15-8-10-18-17(12-15)21(23-22-18)14-6-4-3-5-7-14/h3-13,24H,1-2H3,(H,22,23). The molecule has 29 heavy (non-hydrogen) atoms. The summed E-state index contributed by atoms with van der Waals surface area (Å²) in [6.45, 7) is 0. The molecule has 0 bridgehead atoms. The van der Waals surface area contributed by atoms with Gasteiger partial charge in [-0.1, -0.05) is 30.3 Å². The van der Waals surface area contributed by atoms with Crippen LogP contribution in [0.25, 0.3) is 22.2 Å². The van der Waals surface area contributed by atoms with Gasteiger partial charge < -0.3 is 9.47 Å². The van der Waals surface area contributed by atoms with Crippen molar-refractivity contribution in [1.29, 1.82) is 0 Å². The molecule has 0 aliphatic rings. The van der Waals surface area contributed by atoms with E-state index < -0.39 is 10.0 Å². The van der Waals surface area contributed by atoms with E-state index in [1.807, 2.05) is 30.3 Å². The highest BCUT2D eigenvalue weighted by atomic mass is 32.2. The molecule has 0 radical (unpaired) electrons. The van der Waals surface area contributed by atoms with E-state index in [2.05, 4.69) is 14.9 Å². The summed E-state index contributed by atoms with van der Waals surface area (Å²) < 4.78 is 39.0. The van der Waals surface area contributed by atoms with Gasteiger partial charge in [0.1, 0.15) is 16.4 Å². The number of rotatable bonds is 6. The summed E-state index contributed by atoms with van der Waals surface area (Å²) in [5.74, 6) is 0.649. The first kappa shape index (κ1) is 18.8. The van der Waals surface area contributed by atoms with Gasteiger partial charge in [-0.2, -0.15) is 5.10 Å². The molecule has 2 N–H and O–H groups in total. The molecule has 1 heterocycles. The van der Waals surface area contributed by atoms with E-state index in [9.17, 15) is 8.42 Å². The van der Waals surface area contributed by atoms with Crippen molar-refractivity contribution in [2.45, 2.75) is 4.90 Å². The molecule has 0 atom stereocenters. The quantitative estimate of drug-likeness (QED) is 0.501. The fourth-order valence-electron chi connectivity index (χ4n) is 3.10. The van der Waals surface area contributed by atoms with Crippen LogP contribution < -0.4 is 14.2 Å². The minimum absolute atomic E-state index is 0.00470. The summed E-state index contributed by atoms with van der Waals surface area (Å²) in [4.78, 5) is -0.00470. The number of H-pyrrole nitrogens is 1. The van der Waals surface area contributed by atoms with Crippen molar-refractivity contribution < 1.29 is 17.9 Å². The van der Waals surface area contributed by atoms with Gasteiger partial charge in [-0.15, -0.1) is 0 Å². The van der Waals surface area contributed by atoms with E-state index in [1.54, 1.807) is 30.3 Å². The van der Waals surface area contributed by atoms with E-state index in [0.717, 1.165) is 22.2 Å². The van der Waals surface area contributed by atoms with E-state index >= 15 is 0 Å². The van der Waals surface area contributed by atoms with Gasteiger partial charge in [0.15, 0.2) is 0 Å². The number of anilines is 1. The Hall–Kier alpha value is -3.52.